The summed E-state index contributed by atoms with van der Waals surface area (Å²) in [4.78, 5) is 4.34. The first-order valence-corrected chi connectivity index (χ1v) is 7.01. The molecule has 0 aromatic carbocycles. The number of nitrogens with one attached hydrogen (secondary N) is 1. The van der Waals surface area contributed by atoms with Crippen LogP contribution < -0.4 is 5.32 Å². The summed E-state index contributed by atoms with van der Waals surface area (Å²) in [5.74, 6) is 0.891. The highest BCUT2D eigenvalue weighted by Crippen LogP contribution is 2.18. The molecular formula is C15H20N4. The van der Waals surface area contributed by atoms with Crippen LogP contribution in [0.2, 0.25) is 0 Å². The summed E-state index contributed by atoms with van der Waals surface area (Å²) in [5, 5.41) is 7.92. The van der Waals surface area contributed by atoms with E-state index in [1.165, 1.54) is 30.4 Å². The van der Waals surface area contributed by atoms with Gasteiger partial charge in [-0.25, -0.2) is 9.67 Å². The second kappa shape index (κ2) is 5.53. The van der Waals surface area contributed by atoms with Gasteiger partial charge in [-0.1, -0.05) is 0 Å². The van der Waals surface area contributed by atoms with Crippen molar-refractivity contribution in [2.24, 2.45) is 0 Å². The molecule has 0 radical (unpaired) electrons. The number of aryl methyl sites for hydroxylation is 2. The van der Waals surface area contributed by atoms with Crippen molar-refractivity contribution in [3.05, 3.63) is 41.9 Å². The van der Waals surface area contributed by atoms with Gasteiger partial charge in [-0.05, 0) is 62.4 Å². The Morgan fingerprint density at radius 3 is 3.11 bits per heavy atom. The lowest BCUT2D eigenvalue weighted by molar-refractivity contribution is 0.645. The maximum absolute atomic E-state index is 4.39. The summed E-state index contributed by atoms with van der Waals surface area (Å²) in [6, 6.07) is 4.85. The molecule has 2 heterocycles. The smallest absolute Gasteiger partial charge is 0.153 e. The number of aromatic nitrogens is 3. The average molecular weight is 256 g/mol. The molecule has 0 atom stereocenters. The zero-order chi connectivity index (χ0) is 13.1. The van der Waals surface area contributed by atoms with Crippen LogP contribution in [0, 0.1) is 6.92 Å². The van der Waals surface area contributed by atoms with Crippen LogP contribution in [0.5, 0.6) is 0 Å². The minimum atomic E-state index is 0.805. The molecule has 0 unspecified atom stereocenters. The summed E-state index contributed by atoms with van der Waals surface area (Å²) in [7, 11) is 0. The maximum atomic E-state index is 4.39. The van der Waals surface area contributed by atoms with E-state index >= 15 is 0 Å². The molecule has 1 fully saturated rings. The summed E-state index contributed by atoms with van der Waals surface area (Å²) in [6.07, 6.45) is 10.8. The van der Waals surface area contributed by atoms with Gasteiger partial charge in [-0.3, -0.25) is 0 Å². The van der Waals surface area contributed by atoms with Crippen LogP contribution in [0.15, 0.2) is 30.7 Å². The fraction of sp³-hybridized carbons (Fsp3) is 0.467. The van der Waals surface area contributed by atoms with E-state index in [0.29, 0.717) is 0 Å². The minimum absolute atomic E-state index is 0.805. The first-order chi connectivity index (χ1) is 9.31. The van der Waals surface area contributed by atoms with E-state index in [-0.39, 0.29) is 0 Å². The molecule has 3 rings (SSSR count). The van der Waals surface area contributed by atoms with Crippen LogP contribution in [-0.4, -0.2) is 27.4 Å². The predicted octanol–water partition coefficient (Wildman–Crippen LogP) is 2.26. The van der Waals surface area contributed by atoms with Gasteiger partial charge < -0.3 is 5.32 Å². The molecule has 1 aliphatic rings. The van der Waals surface area contributed by atoms with Gasteiger partial charge in [0.15, 0.2) is 5.82 Å². The zero-order valence-electron chi connectivity index (χ0n) is 11.3. The fourth-order valence-electron chi connectivity index (χ4n) is 2.15. The third kappa shape index (κ3) is 3.41. The lowest BCUT2D eigenvalue weighted by Gasteiger charge is -2.01. The van der Waals surface area contributed by atoms with E-state index < -0.39 is 0 Å². The lowest BCUT2D eigenvalue weighted by atomic mass is 10.2. The van der Waals surface area contributed by atoms with Crippen LogP contribution >= 0.6 is 0 Å². The topological polar surface area (TPSA) is 42.7 Å². The molecule has 0 amide bonds. The Hall–Kier alpha value is -1.68. The summed E-state index contributed by atoms with van der Waals surface area (Å²) >= 11 is 0. The van der Waals surface area contributed by atoms with E-state index in [1.807, 2.05) is 29.2 Å². The number of pyridine rings is 1. The molecular weight excluding hydrogens is 236 g/mol. The van der Waals surface area contributed by atoms with Gasteiger partial charge in [0.25, 0.3) is 0 Å². The lowest BCUT2D eigenvalue weighted by Crippen LogP contribution is -2.17. The minimum Gasteiger partial charge on any atom is -0.314 e. The standard InChI is InChI=1S/C15H20N4/c1-12-6-8-17-15(9-12)19-11-13(10-18-19)3-2-7-16-14-4-5-14/h6,8-11,14,16H,2-5,7H2,1H3. The molecule has 19 heavy (non-hydrogen) atoms. The van der Waals surface area contributed by atoms with Crippen LogP contribution in [0.1, 0.15) is 30.4 Å². The highest BCUT2D eigenvalue weighted by Gasteiger charge is 2.19. The Morgan fingerprint density at radius 1 is 1.42 bits per heavy atom. The molecule has 0 spiro atoms. The normalized spacial score (nSPS) is 14.8. The first kappa shape index (κ1) is 12.4. The largest absolute Gasteiger partial charge is 0.314 e. The van der Waals surface area contributed by atoms with Crippen molar-refractivity contribution < 1.29 is 0 Å². The Kier molecular flexibility index (Phi) is 3.60. The Bertz CT molecular complexity index is 543. The van der Waals surface area contributed by atoms with Crippen LogP contribution in [-0.2, 0) is 6.42 Å². The van der Waals surface area contributed by atoms with Crippen molar-refractivity contribution in [2.45, 2.75) is 38.6 Å². The summed E-state index contributed by atoms with van der Waals surface area (Å²) < 4.78 is 1.86. The van der Waals surface area contributed by atoms with Gasteiger partial charge in [0.1, 0.15) is 0 Å². The molecule has 100 valence electrons. The van der Waals surface area contributed by atoms with Crippen LogP contribution in [0.25, 0.3) is 5.82 Å². The Balaban J connectivity index is 1.56. The van der Waals surface area contributed by atoms with E-state index in [9.17, 15) is 0 Å². The predicted molar refractivity (Wildman–Crippen MR) is 75.4 cm³/mol. The zero-order valence-corrected chi connectivity index (χ0v) is 11.3. The van der Waals surface area contributed by atoms with E-state index in [2.05, 4.69) is 28.5 Å². The van der Waals surface area contributed by atoms with Crippen molar-refractivity contribution in [3.63, 3.8) is 0 Å². The van der Waals surface area contributed by atoms with Crippen molar-refractivity contribution in [2.75, 3.05) is 6.54 Å². The molecule has 0 saturated heterocycles. The van der Waals surface area contributed by atoms with Crippen molar-refractivity contribution in [1.82, 2.24) is 20.1 Å². The van der Waals surface area contributed by atoms with Crippen LogP contribution in [0.4, 0.5) is 0 Å². The van der Waals surface area contributed by atoms with Crippen LogP contribution in [0.3, 0.4) is 0 Å². The van der Waals surface area contributed by atoms with Gasteiger partial charge in [-0.15, -0.1) is 0 Å². The molecule has 4 heteroatoms. The van der Waals surface area contributed by atoms with Gasteiger partial charge in [0.05, 0.1) is 6.20 Å². The number of hydrogen-bond acceptors (Lipinski definition) is 3. The van der Waals surface area contributed by atoms with Gasteiger partial charge >= 0.3 is 0 Å². The van der Waals surface area contributed by atoms with Gasteiger partial charge in [0, 0.05) is 18.4 Å². The summed E-state index contributed by atoms with van der Waals surface area (Å²) in [6.45, 7) is 3.18. The van der Waals surface area contributed by atoms with Crippen molar-refractivity contribution >= 4 is 0 Å². The molecule has 1 saturated carbocycles. The Morgan fingerprint density at radius 2 is 2.32 bits per heavy atom. The van der Waals surface area contributed by atoms with Crippen molar-refractivity contribution in [1.29, 1.82) is 0 Å². The SMILES string of the molecule is Cc1ccnc(-n2cc(CCCNC3CC3)cn2)c1. The molecule has 4 nitrogen and oxygen atoms in total. The third-order valence-electron chi connectivity index (χ3n) is 3.42. The van der Waals surface area contributed by atoms with Gasteiger partial charge in [-0.2, -0.15) is 5.10 Å². The second-order valence-electron chi connectivity index (χ2n) is 5.32. The van der Waals surface area contributed by atoms with E-state index in [4.69, 9.17) is 0 Å². The molecule has 2 aromatic heterocycles. The van der Waals surface area contributed by atoms with E-state index in [0.717, 1.165) is 24.8 Å². The molecule has 0 bridgehead atoms. The third-order valence-corrected chi connectivity index (χ3v) is 3.42. The molecule has 2 aromatic rings. The van der Waals surface area contributed by atoms with E-state index in [1.54, 1.807) is 0 Å². The Labute approximate surface area is 113 Å². The molecule has 1 aliphatic carbocycles. The quantitative estimate of drug-likeness (QED) is 0.806. The first-order valence-electron chi connectivity index (χ1n) is 7.01. The average Bonchev–Trinajstić information content (AvgIpc) is 3.11. The number of rotatable bonds is 6. The molecule has 0 aliphatic heterocycles. The molecule has 1 N–H and O–H groups in total. The fourth-order valence-corrected chi connectivity index (χ4v) is 2.15. The maximum Gasteiger partial charge on any atom is 0.153 e. The highest BCUT2D eigenvalue weighted by molar-refractivity contribution is 5.27. The number of nitrogens with zero attached hydrogens (tertiary/aromatic N) is 3. The highest BCUT2D eigenvalue weighted by atomic mass is 15.3. The van der Waals surface area contributed by atoms with Crippen molar-refractivity contribution in [3.8, 4) is 5.82 Å². The second-order valence-corrected chi connectivity index (χ2v) is 5.32. The van der Waals surface area contributed by atoms with Gasteiger partial charge in [0.2, 0.25) is 0 Å². The number of hydrogen-bond donors (Lipinski definition) is 1. The monoisotopic (exact) mass is 256 g/mol. The summed E-state index contributed by atoms with van der Waals surface area (Å²) in [5.41, 5.74) is 2.48.